The monoisotopic (exact) mass is 341 g/mol. The van der Waals surface area contributed by atoms with Gasteiger partial charge in [0, 0.05) is 22.7 Å². The van der Waals surface area contributed by atoms with E-state index in [1.807, 2.05) is 36.4 Å². The van der Waals surface area contributed by atoms with Crippen molar-refractivity contribution in [2.75, 3.05) is 5.73 Å². The van der Waals surface area contributed by atoms with Crippen LogP contribution >= 0.6 is 0 Å². The molecule has 0 fully saturated rings. The summed E-state index contributed by atoms with van der Waals surface area (Å²) >= 11 is 0. The summed E-state index contributed by atoms with van der Waals surface area (Å²) in [4.78, 5) is 13.0. The lowest BCUT2D eigenvalue weighted by atomic mass is 10.0. The molecule has 0 aliphatic carbocycles. The molecule has 0 saturated heterocycles. The average Bonchev–Trinajstić information content (AvgIpc) is 2.68. The molecule has 0 atom stereocenters. The van der Waals surface area contributed by atoms with Crippen molar-refractivity contribution in [1.82, 2.24) is 15.0 Å². The van der Waals surface area contributed by atoms with Crippen LogP contribution in [0.4, 0.5) is 10.2 Å². The molecule has 124 valence electrons. The van der Waals surface area contributed by atoms with Crippen molar-refractivity contribution in [3.05, 3.63) is 72.3 Å². The highest BCUT2D eigenvalue weighted by molar-refractivity contribution is 5.87. The van der Waals surface area contributed by atoms with Gasteiger partial charge in [-0.2, -0.15) is 5.26 Å². The molecule has 4 aromatic rings. The van der Waals surface area contributed by atoms with E-state index in [2.05, 4.69) is 15.0 Å². The van der Waals surface area contributed by atoms with Gasteiger partial charge in [-0.15, -0.1) is 0 Å². The number of halogens is 1. The first-order chi connectivity index (χ1) is 12.7. The molecule has 0 amide bonds. The Kier molecular flexibility index (Phi) is 3.75. The number of nitrogen functional groups attached to an aromatic ring is 1. The number of hydrogen-bond donors (Lipinski definition) is 1. The number of nitriles is 1. The predicted molar refractivity (Wildman–Crippen MR) is 97.3 cm³/mol. The quantitative estimate of drug-likeness (QED) is 0.596. The fourth-order valence-electron chi connectivity index (χ4n) is 2.83. The highest BCUT2D eigenvalue weighted by Crippen LogP contribution is 2.33. The lowest BCUT2D eigenvalue weighted by Gasteiger charge is -2.11. The minimum Gasteiger partial charge on any atom is -0.382 e. The second-order valence-corrected chi connectivity index (χ2v) is 5.68. The van der Waals surface area contributed by atoms with Crippen LogP contribution in [0.2, 0.25) is 0 Å². The maximum absolute atomic E-state index is 14.7. The molecule has 2 aromatic heterocycles. The number of fused-ring (bicyclic) bond motifs is 1. The third kappa shape index (κ3) is 2.62. The Bertz CT molecular complexity index is 1180. The zero-order valence-corrected chi connectivity index (χ0v) is 13.5. The summed E-state index contributed by atoms with van der Waals surface area (Å²) in [5.74, 6) is -0.466. The number of nitrogens with two attached hydrogens (primary N) is 1. The van der Waals surface area contributed by atoms with E-state index in [4.69, 9.17) is 11.0 Å². The molecule has 0 saturated carbocycles. The minimum atomic E-state index is -0.640. The van der Waals surface area contributed by atoms with Crippen molar-refractivity contribution in [1.29, 1.82) is 5.26 Å². The van der Waals surface area contributed by atoms with Crippen molar-refractivity contribution < 1.29 is 4.39 Å². The van der Waals surface area contributed by atoms with Gasteiger partial charge in [-0.3, -0.25) is 9.97 Å². The largest absolute Gasteiger partial charge is 0.382 e. The van der Waals surface area contributed by atoms with Gasteiger partial charge in [0.25, 0.3) is 0 Å². The third-order valence-corrected chi connectivity index (χ3v) is 4.04. The van der Waals surface area contributed by atoms with Crippen LogP contribution in [0.3, 0.4) is 0 Å². The van der Waals surface area contributed by atoms with E-state index < -0.39 is 5.82 Å². The van der Waals surface area contributed by atoms with Gasteiger partial charge in [-0.05, 0) is 30.3 Å². The Morgan fingerprint density at radius 1 is 1.00 bits per heavy atom. The number of benzene rings is 2. The highest BCUT2D eigenvalue weighted by Gasteiger charge is 2.17. The van der Waals surface area contributed by atoms with Gasteiger partial charge in [0.15, 0.2) is 0 Å². The van der Waals surface area contributed by atoms with E-state index in [0.717, 1.165) is 16.5 Å². The topological polar surface area (TPSA) is 88.5 Å². The summed E-state index contributed by atoms with van der Waals surface area (Å²) in [5.41, 5.74) is 8.30. The summed E-state index contributed by atoms with van der Waals surface area (Å²) in [6.45, 7) is 0. The fraction of sp³-hybridized carbons (Fsp3) is 0. The molecule has 2 heterocycles. The number of aromatic nitrogens is 3. The summed E-state index contributed by atoms with van der Waals surface area (Å²) in [5, 5.41) is 10.0. The van der Waals surface area contributed by atoms with Crippen molar-refractivity contribution in [3.8, 4) is 28.6 Å². The van der Waals surface area contributed by atoms with Crippen LogP contribution in [0.1, 0.15) is 5.56 Å². The summed E-state index contributed by atoms with van der Waals surface area (Å²) in [7, 11) is 0. The molecule has 5 nitrogen and oxygen atoms in total. The standard InChI is InChI=1S/C20H12FN5/c21-18-14(10-22)3-1-5-15(18)20-19(25-11-17(23)26-20)13-6-7-16-12(9-13)4-2-8-24-16/h1-9,11H,(H2,23,26). The second-order valence-electron chi connectivity index (χ2n) is 5.68. The minimum absolute atomic E-state index is 0.0552. The molecule has 2 aromatic carbocycles. The lowest BCUT2D eigenvalue weighted by Crippen LogP contribution is -2.00. The molecule has 0 aliphatic heterocycles. The van der Waals surface area contributed by atoms with E-state index in [-0.39, 0.29) is 16.9 Å². The van der Waals surface area contributed by atoms with Gasteiger partial charge in [0.1, 0.15) is 23.4 Å². The van der Waals surface area contributed by atoms with Crippen LogP contribution in [0.15, 0.2) is 60.9 Å². The normalized spacial score (nSPS) is 10.6. The van der Waals surface area contributed by atoms with E-state index in [0.29, 0.717) is 11.4 Å². The van der Waals surface area contributed by atoms with Crippen LogP contribution in [0.5, 0.6) is 0 Å². The Morgan fingerprint density at radius 2 is 1.88 bits per heavy atom. The van der Waals surface area contributed by atoms with Crippen molar-refractivity contribution >= 4 is 16.7 Å². The SMILES string of the molecule is N#Cc1cccc(-c2nc(N)cnc2-c2ccc3ncccc3c2)c1F. The van der Waals surface area contributed by atoms with Crippen molar-refractivity contribution in [2.45, 2.75) is 0 Å². The number of rotatable bonds is 2. The Labute approximate surface area is 148 Å². The van der Waals surface area contributed by atoms with E-state index in [9.17, 15) is 4.39 Å². The number of anilines is 1. The predicted octanol–water partition coefficient (Wildman–Crippen LogP) is 3.95. The Morgan fingerprint density at radius 3 is 2.73 bits per heavy atom. The van der Waals surface area contributed by atoms with E-state index in [1.54, 1.807) is 18.3 Å². The first-order valence-electron chi connectivity index (χ1n) is 7.84. The smallest absolute Gasteiger partial charge is 0.150 e. The number of hydrogen-bond acceptors (Lipinski definition) is 5. The fourth-order valence-corrected chi connectivity index (χ4v) is 2.83. The van der Waals surface area contributed by atoms with Gasteiger partial charge in [-0.25, -0.2) is 9.37 Å². The second kappa shape index (κ2) is 6.22. The zero-order valence-electron chi connectivity index (χ0n) is 13.5. The molecular formula is C20H12FN5. The number of nitrogens with zero attached hydrogens (tertiary/aromatic N) is 4. The molecule has 0 spiro atoms. The van der Waals surface area contributed by atoms with Crippen LogP contribution in [0, 0.1) is 17.1 Å². The van der Waals surface area contributed by atoms with Crippen molar-refractivity contribution in [2.24, 2.45) is 0 Å². The first kappa shape index (κ1) is 15.7. The first-order valence-corrected chi connectivity index (χ1v) is 7.84. The maximum atomic E-state index is 14.7. The van der Waals surface area contributed by atoms with Gasteiger partial charge >= 0.3 is 0 Å². The molecule has 0 bridgehead atoms. The Balaban J connectivity index is 1.97. The molecule has 26 heavy (non-hydrogen) atoms. The third-order valence-electron chi connectivity index (χ3n) is 4.04. The van der Waals surface area contributed by atoms with Gasteiger partial charge in [0.2, 0.25) is 0 Å². The zero-order chi connectivity index (χ0) is 18.1. The van der Waals surface area contributed by atoms with Gasteiger partial charge in [-0.1, -0.05) is 18.2 Å². The molecule has 4 rings (SSSR count). The van der Waals surface area contributed by atoms with Gasteiger partial charge < -0.3 is 5.73 Å². The molecule has 2 N–H and O–H groups in total. The van der Waals surface area contributed by atoms with E-state index in [1.165, 1.54) is 12.3 Å². The summed E-state index contributed by atoms with van der Waals surface area (Å²) in [6, 6.07) is 15.8. The molecule has 6 heteroatoms. The highest BCUT2D eigenvalue weighted by atomic mass is 19.1. The molecule has 0 radical (unpaired) electrons. The Hall–Kier alpha value is -3.85. The maximum Gasteiger partial charge on any atom is 0.150 e. The summed E-state index contributed by atoms with van der Waals surface area (Å²) < 4.78 is 14.7. The molecule has 0 unspecified atom stereocenters. The van der Waals surface area contributed by atoms with Crippen LogP contribution in [-0.2, 0) is 0 Å². The van der Waals surface area contributed by atoms with Crippen LogP contribution in [0.25, 0.3) is 33.4 Å². The summed E-state index contributed by atoms with van der Waals surface area (Å²) in [6.07, 6.45) is 3.15. The van der Waals surface area contributed by atoms with Crippen LogP contribution < -0.4 is 5.73 Å². The number of pyridine rings is 1. The lowest BCUT2D eigenvalue weighted by molar-refractivity contribution is 0.627. The molecule has 0 aliphatic rings. The average molecular weight is 341 g/mol. The molecular weight excluding hydrogens is 329 g/mol. The van der Waals surface area contributed by atoms with Crippen molar-refractivity contribution in [3.63, 3.8) is 0 Å². The van der Waals surface area contributed by atoms with Crippen LogP contribution in [-0.4, -0.2) is 15.0 Å². The van der Waals surface area contributed by atoms with E-state index >= 15 is 0 Å². The van der Waals surface area contributed by atoms with Gasteiger partial charge in [0.05, 0.1) is 23.0 Å².